The Morgan fingerprint density at radius 3 is 2.74 bits per heavy atom. The van der Waals surface area contributed by atoms with Crippen LogP contribution in [0.3, 0.4) is 0 Å². The van der Waals surface area contributed by atoms with Gasteiger partial charge in [0.2, 0.25) is 5.91 Å². The van der Waals surface area contributed by atoms with Gasteiger partial charge in [-0.2, -0.15) is 0 Å². The van der Waals surface area contributed by atoms with Gasteiger partial charge >= 0.3 is 0 Å². The largest absolute Gasteiger partial charge is 0.490 e. The fraction of sp³-hybridized carbons (Fsp3) is 0.550. The molecule has 27 heavy (non-hydrogen) atoms. The van der Waals surface area contributed by atoms with Crippen molar-refractivity contribution < 1.29 is 9.53 Å². The third kappa shape index (κ3) is 5.03. The molecule has 1 aromatic heterocycles. The Labute approximate surface area is 165 Å². The van der Waals surface area contributed by atoms with Crippen molar-refractivity contribution in [1.82, 2.24) is 19.7 Å². The number of likely N-dealkylation sites (tertiary alicyclic amines) is 1. The number of aromatic nitrogens is 3. The van der Waals surface area contributed by atoms with Gasteiger partial charge in [0, 0.05) is 32.0 Å². The zero-order chi connectivity index (χ0) is 19.4. The van der Waals surface area contributed by atoms with Gasteiger partial charge in [0.05, 0.1) is 5.75 Å². The number of thioether (sulfide) groups is 1. The first-order valence-corrected chi connectivity index (χ1v) is 10.5. The van der Waals surface area contributed by atoms with Crippen LogP contribution in [0.5, 0.6) is 5.75 Å². The summed E-state index contributed by atoms with van der Waals surface area (Å²) in [6, 6.07) is 6.57. The van der Waals surface area contributed by atoms with Gasteiger partial charge in [-0.15, -0.1) is 10.2 Å². The second kappa shape index (κ2) is 8.78. The first-order chi connectivity index (χ1) is 12.9. The lowest BCUT2D eigenvalue weighted by Crippen LogP contribution is -2.42. The molecule has 7 heteroatoms. The first-order valence-electron chi connectivity index (χ1n) is 9.48. The second-order valence-electron chi connectivity index (χ2n) is 7.37. The maximum atomic E-state index is 12.5. The molecule has 1 aliphatic rings. The molecule has 0 aliphatic carbocycles. The molecule has 0 spiro atoms. The molecule has 146 valence electrons. The van der Waals surface area contributed by atoms with Crippen molar-refractivity contribution in [3.05, 3.63) is 35.7 Å². The Morgan fingerprint density at radius 2 is 2.04 bits per heavy atom. The molecule has 3 rings (SSSR count). The Bertz CT molecular complexity index is 782. The van der Waals surface area contributed by atoms with Gasteiger partial charge in [-0.1, -0.05) is 23.9 Å². The van der Waals surface area contributed by atoms with Gasteiger partial charge in [0.25, 0.3) is 0 Å². The topological polar surface area (TPSA) is 60.2 Å². The summed E-state index contributed by atoms with van der Waals surface area (Å²) < 4.78 is 8.18. The van der Waals surface area contributed by atoms with Crippen LogP contribution >= 0.6 is 11.8 Å². The molecule has 6 nitrogen and oxygen atoms in total. The summed E-state index contributed by atoms with van der Waals surface area (Å²) in [7, 11) is 0. The van der Waals surface area contributed by atoms with Crippen molar-refractivity contribution in [2.24, 2.45) is 0 Å². The van der Waals surface area contributed by atoms with Crippen LogP contribution < -0.4 is 4.74 Å². The fourth-order valence-electron chi connectivity index (χ4n) is 3.14. The molecule has 2 heterocycles. The molecule has 1 amide bonds. The van der Waals surface area contributed by atoms with Gasteiger partial charge in [-0.3, -0.25) is 4.79 Å². The van der Waals surface area contributed by atoms with Crippen LogP contribution in [-0.2, 0) is 4.79 Å². The van der Waals surface area contributed by atoms with E-state index in [0.29, 0.717) is 5.75 Å². The van der Waals surface area contributed by atoms with Crippen molar-refractivity contribution in [3.63, 3.8) is 0 Å². The number of hydrogen-bond donors (Lipinski definition) is 0. The van der Waals surface area contributed by atoms with E-state index in [4.69, 9.17) is 4.74 Å². The maximum absolute atomic E-state index is 12.5. The summed E-state index contributed by atoms with van der Waals surface area (Å²) in [5.74, 6) is 1.51. The van der Waals surface area contributed by atoms with Crippen LogP contribution in [0, 0.1) is 13.8 Å². The van der Waals surface area contributed by atoms with Gasteiger partial charge < -0.3 is 14.2 Å². The normalized spacial score (nSPS) is 15.4. The van der Waals surface area contributed by atoms with Crippen LogP contribution in [0.1, 0.15) is 43.9 Å². The summed E-state index contributed by atoms with van der Waals surface area (Å²) in [5.41, 5.74) is 2.36. The average Bonchev–Trinajstić information content (AvgIpc) is 3.12. The van der Waals surface area contributed by atoms with Crippen LogP contribution in [0.2, 0.25) is 0 Å². The lowest BCUT2D eigenvalue weighted by Gasteiger charge is -2.32. The van der Waals surface area contributed by atoms with E-state index in [1.165, 1.54) is 17.3 Å². The van der Waals surface area contributed by atoms with E-state index in [1.54, 1.807) is 6.33 Å². The van der Waals surface area contributed by atoms with Gasteiger partial charge in [-0.05, 0) is 44.9 Å². The molecule has 1 aromatic carbocycles. The lowest BCUT2D eigenvalue weighted by molar-refractivity contribution is -0.130. The lowest BCUT2D eigenvalue weighted by atomic mass is 10.1. The third-order valence-electron chi connectivity index (χ3n) is 4.85. The number of nitrogens with zero attached hydrogens (tertiary/aromatic N) is 4. The summed E-state index contributed by atoms with van der Waals surface area (Å²) >= 11 is 1.46. The SMILES string of the molecule is Cc1ccc(C)c(OC2CCN(C(=O)CSc3nncn3C(C)C)CC2)c1. The second-order valence-corrected chi connectivity index (χ2v) is 8.31. The monoisotopic (exact) mass is 388 g/mol. The highest BCUT2D eigenvalue weighted by atomic mass is 32.2. The highest BCUT2D eigenvalue weighted by molar-refractivity contribution is 7.99. The zero-order valence-electron chi connectivity index (χ0n) is 16.5. The zero-order valence-corrected chi connectivity index (χ0v) is 17.3. The number of hydrogen-bond acceptors (Lipinski definition) is 5. The number of aryl methyl sites for hydroxylation is 2. The minimum atomic E-state index is 0.156. The van der Waals surface area contributed by atoms with Gasteiger partial charge in [-0.25, -0.2) is 0 Å². The number of ether oxygens (including phenoxy) is 1. The van der Waals surface area contributed by atoms with E-state index in [1.807, 2.05) is 9.47 Å². The maximum Gasteiger partial charge on any atom is 0.233 e. The number of piperidine rings is 1. The Balaban J connectivity index is 1.48. The summed E-state index contributed by atoms with van der Waals surface area (Å²) in [6.07, 6.45) is 3.62. The van der Waals surface area contributed by atoms with Gasteiger partial charge in [0.1, 0.15) is 18.2 Å². The summed E-state index contributed by atoms with van der Waals surface area (Å²) in [5, 5.41) is 8.86. The molecule has 1 fully saturated rings. The number of rotatable bonds is 6. The van der Waals surface area contributed by atoms with Crippen LogP contribution in [0.4, 0.5) is 0 Å². The third-order valence-corrected chi connectivity index (χ3v) is 5.80. The van der Waals surface area contributed by atoms with E-state index in [9.17, 15) is 4.79 Å². The standard InChI is InChI=1S/C20H28N4O2S/c1-14(2)24-13-21-22-20(24)27-12-19(25)23-9-7-17(8-10-23)26-18-11-15(3)5-6-16(18)4/h5-6,11,13-14,17H,7-10,12H2,1-4H3. The minimum absolute atomic E-state index is 0.156. The number of amides is 1. The highest BCUT2D eigenvalue weighted by Crippen LogP contribution is 2.25. The first kappa shape index (κ1) is 19.7. The van der Waals surface area contributed by atoms with Crippen LogP contribution in [-0.4, -0.2) is 50.5 Å². The smallest absolute Gasteiger partial charge is 0.233 e. The number of benzene rings is 1. The average molecular weight is 389 g/mol. The molecule has 1 aliphatic heterocycles. The van der Waals surface area contributed by atoms with Crippen molar-refractivity contribution in [2.75, 3.05) is 18.8 Å². The van der Waals surface area contributed by atoms with Crippen LogP contribution in [0.25, 0.3) is 0 Å². The van der Waals surface area contributed by atoms with Crippen molar-refractivity contribution >= 4 is 17.7 Å². The minimum Gasteiger partial charge on any atom is -0.490 e. The summed E-state index contributed by atoms with van der Waals surface area (Å²) in [6.45, 7) is 9.79. The van der Waals surface area contributed by atoms with Crippen molar-refractivity contribution in [2.45, 2.75) is 57.8 Å². The number of carbonyl (C=O) groups is 1. The molecule has 0 atom stereocenters. The van der Waals surface area contributed by atoms with E-state index < -0.39 is 0 Å². The van der Waals surface area contributed by atoms with E-state index in [0.717, 1.165) is 42.4 Å². The molecule has 0 N–H and O–H groups in total. The highest BCUT2D eigenvalue weighted by Gasteiger charge is 2.24. The fourth-order valence-corrected chi connectivity index (χ4v) is 4.09. The Morgan fingerprint density at radius 1 is 1.30 bits per heavy atom. The molecular formula is C20H28N4O2S. The van der Waals surface area contributed by atoms with E-state index in [-0.39, 0.29) is 18.1 Å². The Hall–Kier alpha value is -2.02. The molecule has 0 bridgehead atoms. The predicted octanol–water partition coefficient (Wildman–Crippen LogP) is 3.64. The van der Waals surface area contributed by atoms with E-state index in [2.05, 4.69) is 56.1 Å². The molecular weight excluding hydrogens is 360 g/mol. The number of carbonyl (C=O) groups excluding carboxylic acids is 1. The van der Waals surface area contributed by atoms with E-state index >= 15 is 0 Å². The van der Waals surface area contributed by atoms with Crippen LogP contribution in [0.15, 0.2) is 29.7 Å². The summed E-state index contributed by atoms with van der Waals surface area (Å²) in [4.78, 5) is 14.5. The molecule has 0 saturated carbocycles. The van der Waals surface area contributed by atoms with Crippen molar-refractivity contribution in [3.8, 4) is 5.75 Å². The Kier molecular flexibility index (Phi) is 6.42. The van der Waals surface area contributed by atoms with Gasteiger partial charge in [0.15, 0.2) is 5.16 Å². The quantitative estimate of drug-likeness (QED) is 0.707. The molecule has 1 saturated heterocycles. The molecule has 0 radical (unpaired) electrons. The van der Waals surface area contributed by atoms with Crippen molar-refractivity contribution in [1.29, 1.82) is 0 Å². The molecule has 0 unspecified atom stereocenters. The predicted molar refractivity (Wildman–Crippen MR) is 107 cm³/mol. The molecule has 2 aromatic rings.